The molecule has 0 saturated carbocycles. The Bertz CT molecular complexity index is 333. The van der Waals surface area contributed by atoms with Crippen molar-refractivity contribution in [3.8, 4) is 5.88 Å². The summed E-state index contributed by atoms with van der Waals surface area (Å²) in [4.78, 5) is 8.42. The molecule has 0 spiro atoms. The summed E-state index contributed by atoms with van der Waals surface area (Å²) in [5.41, 5.74) is 0. The molecule has 0 bridgehead atoms. The first-order chi connectivity index (χ1) is 6.79. The number of aromatic nitrogens is 2. The minimum atomic E-state index is 0.487. The van der Waals surface area contributed by atoms with Crippen molar-refractivity contribution in [1.29, 1.82) is 0 Å². The maximum Gasteiger partial charge on any atom is 0.231 e. The minimum absolute atomic E-state index is 0.487. The quantitative estimate of drug-likeness (QED) is 0.787. The Kier molecular flexibility index (Phi) is 3.25. The molecule has 1 aliphatic rings. The number of ether oxygens (including phenoxy) is 2. The smallest absolute Gasteiger partial charge is 0.231 e. The Labute approximate surface area is 94.5 Å². The first-order valence-corrected chi connectivity index (χ1v) is 5.78. The van der Waals surface area contributed by atoms with Crippen LogP contribution in [-0.2, 0) is 4.74 Å². The van der Waals surface area contributed by atoms with E-state index in [0.29, 0.717) is 11.1 Å². The first kappa shape index (κ1) is 10.2. The summed E-state index contributed by atoms with van der Waals surface area (Å²) >= 11 is 4.92. The Morgan fingerprint density at radius 1 is 1.64 bits per heavy atom. The Hall–Kier alpha value is -0.330. The van der Waals surface area contributed by atoms with Crippen LogP contribution in [0.1, 0.15) is 0 Å². The summed E-state index contributed by atoms with van der Waals surface area (Å²) in [6, 6.07) is 0. The van der Waals surface area contributed by atoms with Crippen LogP contribution in [0.3, 0.4) is 0 Å². The van der Waals surface area contributed by atoms with Gasteiger partial charge in [-0.15, -0.1) is 0 Å². The van der Waals surface area contributed by atoms with E-state index < -0.39 is 0 Å². The lowest BCUT2D eigenvalue weighted by Gasteiger charge is -2.24. The highest BCUT2D eigenvalue weighted by molar-refractivity contribution is 9.10. The average molecular weight is 277 g/mol. The van der Waals surface area contributed by atoms with Gasteiger partial charge in [0, 0.05) is 6.20 Å². The van der Waals surface area contributed by atoms with Crippen LogP contribution >= 0.6 is 27.7 Å². The molecule has 1 aromatic heterocycles. The van der Waals surface area contributed by atoms with Crippen molar-refractivity contribution in [3.05, 3.63) is 10.7 Å². The molecule has 0 amide bonds. The number of rotatable bonds is 3. The van der Waals surface area contributed by atoms with E-state index in [4.69, 9.17) is 9.47 Å². The van der Waals surface area contributed by atoms with Gasteiger partial charge in [0.25, 0.3) is 0 Å². The summed E-state index contributed by atoms with van der Waals surface area (Å²) < 4.78 is 10.9. The van der Waals surface area contributed by atoms with Crippen LogP contribution in [-0.4, -0.2) is 35.5 Å². The third-order valence-corrected chi connectivity index (χ3v) is 3.32. The van der Waals surface area contributed by atoms with Gasteiger partial charge in [-0.2, -0.15) is 4.98 Å². The molecule has 0 aromatic carbocycles. The van der Waals surface area contributed by atoms with E-state index in [2.05, 4.69) is 25.9 Å². The fourth-order valence-electron chi connectivity index (χ4n) is 0.967. The van der Waals surface area contributed by atoms with E-state index in [-0.39, 0.29) is 0 Å². The SMILES string of the molecule is COc1nc(SC2COC2)ncc1Br. The molecule has 1 saturated heterocycles. The maximum absolute atomic E-state index is 5.08. The number of methoxy groups -OCH3 is 1. The van der Waals surface area contributed by atoms with E-state index in [1.165, 1.54) is 0 Å². The van der Waals surface area contributed by atoms with Gasteiger partial charge < -0.3 is 9.47 Å². The lowest BCUT2D eigenvalue weighted by Crippen LogP contribution is -2.30. The fraction of sp³-hybridized carbons (Fsp3) is 0.500. The highest BCUT2D eigenvalue weighted by atomic mass is 79.9. The van der Waals surface area contributed by atoms with Gasteiger partial charge >= 0.3 is 0 Å². The molecule has 0 N–H and O–H groups in total. The lowest BCUT2D eigenvalue weighted by atomic mass is 10.4. The van der Waals surface area contributed by atoms with Gasteiger partial charge in [0.05, 0.1) is 30.0 Å². The van der Waals surface area contributed by atoms with Crippen LogP contribution in [0.25, 0.3) is 0 Å². The zero-order valence-corrected chi connectivity index (χ0v) is 9.97. The van der Waals surface area contributed by atoms with E-state index in [9.17, 15) is 0 Å². The molecule has 0 atom stereocenters. The third-order valence-electron chi connectivity index (χ3n) is 1.76. The van der Waals surface area contributed by atoms with Gasteiger partial charge in [-0.25, -0.2) is 4.98 Å². The van der Waals surface area contributed by atoms with Crippen LogP contribution in [0.5, 0.6) is 5.88 Å². The average Bonchev–Trinajstić information content (AvgIpc) is 2.14. The third kappa shape index (κ3) is 2.18. The maximum atomic E-state index is 5.08. The van der Waals surface area contributed by atoms with E-state index in [1.807, 2.05) is 0 Å². The predicted molar refractivity (Wildman–Crippen MR) is 56.7 cm³/mol. The number of nitrogens with zero attached hydrogens (tertiary/aromatic N) is 2. The molecule has 1 aromatic rings. The fourth-order valence-corrected chi connectivity index (χ4v) is 2.20. The van der Waals surface area contributed by atoms with Crippen molar-refractivity contribution >= 4 is 27.7 Å². The van der Waals surface area contributed by atoms with Crippen LogP contribution in [0, 0.1) is 0 Å². The summed E-state index contributed by atoms with van der Waals surface area (Å²) in [6.07, 6.45) is 1.70. The molecule has 14 heavy (non-hydrogen) atoms. The Morgan fingerprint density at radius 3 is 3.00 bits per heavy atom. The molecule has 0 radical (unpaired) electrons. The molecule has 2 rings (SSSR count). The number of hydrogen-bond acceptors (Lipinski definition) is 5. The molecule has 6 heteroatoms. The number of thioether (sulfide) groups is 1. The molecule has 2 heterocycles. The zero-order chi connectivity index (χ0) is 9.97. The van der Waals surface area contributed by atoms with Crippen LogP contribution < -0.4 is 4.74 Å². The zero-order valence-electron chi connectivity index (χ0n) is 7.57. The van der Waals surface area contributed by atoms with E-state index in [0.717, 1.165) is 22.8 Å². The Morgan fingerprint density at radius 2 is 2.43 bits per heavy atom. The van der Waals surface area contributed by atoms with Gasteiger partial charge in [0.1, 0.15) is 0 Å². The van der Waals surface area contributed by atoms with Gasteiger partial charge in [-0.05, 0) is 15.9 Å². The van der Waals surface area contributed by atoms with Gasteiger partial charge in [0.2, 0.25) is 5.88 Å². The molecule has 1 fully saturated rings. The van der Waals surface area contributed by atoms with Crippen molar-refractivity contribution in [1.82, 2.24) is 9.97 Å². The summed E-state index contributed by atoms with van der Waals surface area (Å²) in [5.74, 6) is 0.572. The molecular weight excluding hydrogens is 268 g/mol. The summed E-state index contributed by atoms with van der Waals surface area (Å²) in [5, 5.41) is 1.22. The highest BCUT2D eigenvalue weighted by Crippen LogP contribution is 2.28. The van der Waals surface area contributed by atoms with Crippen LogP contribution in [0.15, 0.2) is 15.8 Å². The second-order valence-corrected chi connectivity index (χ2v) is 4.91. The van der Waals surface area contributed by atoms with Crippen LogP contribution in [0.4, 0.5) is 0 Å². The summed E-state index contributed by atoms with van der Waals surface area (Å²) in [6.45, 7) is 1.57. The van der Waals surface area contributed by atoms with Gasteiger partial charge in [-0.1, -0.05) is 11.8 Å². The van der Waals surface area contributed by atoms with Gasteiger partial charge in [-0.3, -0.25) is 0 Å². The molecule has 1 aliphatic heterocycles. The lowest BCUT2D eigenvalue weighted by molar-refractivity contribution is 0.0454. The van der Waals surface area contributed by atoms with Crippen molar-refractivity contribution in [3.63, 3.8) is 0 Å². The first-order valence-electron chi connectivity index (χ1n) is 4.10. The molecule has 4 nitrogen and oxygen atoms in total. The number of halogens is 1. The highest BCUT2D eigenvalue weighted by Gasteiger charge is 2.21. The normalized spacial score (nSPS) is 16.4. The monoisotopic (exact) mass is 276 g/mol. The van der Waals surface area contributed by atoms with Crippen LogP contribution in [0.2, 0.25) is 0 Å². The van der Waals surface area contributed by atoms with Gasteiger partial charge in [0.15, 0.2) is 5.16 Å². The Balaban J connectivity index is 2.09. The minimum Gasteiger partial charge on any atom is -0.480 e. The summed E-state index contributed by atoms with van der Waals surface area (Å²) in [7, 11) is 1.59. The van der Waals surface area contributed by atoms with Crippen molar-refractivity contribution < 1.29 is 9.47 Å². The molecule has 76 valence electrons. The van der Waals surface area contributed by atoms with E-state index >= 15 is 0 Å². The van der Waals surface area contributed by atoms with Crippen molar-refractivity contribution in [2.75, 3.05) is 20.3 Å². The largest absolute Gasteiger partial charge is 0.480 e. The van der Waals surface area contributed by atoms with Crippen molar-refractivity contribution in [2.24, 2.45) is 0 Å². The number of hydrogen-bond donors (Lipinski definition) is 0. The molecule has 0 unspecified atom stereocenters. The topological polar surface area (TPSA) is 44.2 Å². The predicted octanol–water partition coefficient (Wildman–Crippen LogP) is 1.74. The second-order valence-electron chi connectivity index (χ2n) is 2.79. The molecule has 0 aliphatic carbocycles. The van der Waals surface area contributed by atoms with E-state index in [1.54, 1.807) is 25.1 Å². The standard InChI is InChI=1S/C8H9BrN2O2S/c1-12-7-6(9)2-10-8(11-7)14-5-3-13-4-5/h2,5H,3-4H2,1H3. The molecular formula is C8H9BrN2O2S. The van der Waals surface area contributed by atoms with Crippen molar-refractivity contribution in [2.45, 2.75) is 10.4 Å². The second kappa shape index (κ2) is 4.46.